The van der Waals surface area contributed by atoms with E-state index < -0.39 is 0 Å². The van der Waals surface area contributed by atoms with E-state index in [4.69, 9.17) is 9.47 Å². The SMILES string of the molecule is CCC=C[C@H]1C[C@H](O)[C@@]2(C)CC[C@H]3[C@@H](CC[C@H]4C[C@H](OC5CCCCO5)C[C@H](C)[C@@]43C)[C@H]12. The van der Waals surface area contributed by atoms with Crippen LogP contribution in [-0.2, 0) is 9.47 Å². The Labute approximate surface area is 196 Å². The topological polar surface area (TPSA) is 38.7 Å². The molecule has 1 N–H and O–H groups in total. The minimum Gasteiger partial charge on any atom is -0.393 e. The van der Waals surface area contributed by atoms with Crippen LogP contribution in [0.4, 0.5) is 0 Å². The normalized spacial score (nSPS) is 53.6. The molecule has 5 fully saturated rings. The van der Waals surface area contributed by atoms with Crippen molar-refractivity contribution < 1.29 is 14.6 Å². The van der Waals surface area contributed by atoms with Crippen LogP contribution in [0.15, 0.2) is 12.2 Å². The first-order valence-electron chi connectivity index (χ1n) is 14.0. The fourth-order valence-electron chi connectivity index (χ4n) is 9.47. The van der Waals surface area contributed by atoms with Crippen LogP contribution in [-0.4, -0.2) is 30.2 Å². The molecule has 4 saturated carbocycles. The second kappa shape index (κ2) is 9.00. The molecule has 0 aromatic heterocycles. The molecule has 0 spiro atoms. The molecule has 0 bridgehead atoms. The Bertz CT molecular complexity index is 684. The van der Waals surface area contributed by atoms with Crippen LogP contribution in [0.25, 0.3) is 0 Å². The number of hydrogen-bond donors (Lipinski definition) is 1. The van der Waals surface area contributed by atoms with Crippen LogP contribution in [0.1, 0.15) is 98.3 Å². The molecule has 11 atom stereocenters. The standard InChI is InChI=1S/C29H48O3/c1-5-6-9-20-17-25(30)28(3)14-13-24-23(27(20)28)12-11-21-18-22(16-19(2)29(21,24)4)32-26-10-7-8-15-31-26/h6,9,19-27,30H,5,7-8,10-18H2,1-4H3/t19-,20-,21-,22+,23+,24-,25-,26?,27-,28+,29-/m0/s1. The molecular weight excluding hydrogens is 396 g/mol. The molecule has 3 heteroatoms. The lowest BCUT2D eigenvalue weighted by atomic mass is 9.42. The maximum atomic E-state index is 11.1. The second-order valence-electron chi connectivity index (χ2n) is 12.7. The maximum Gasteiger partial charge on any atom is 0.157 e. The highest BCUT2D eigenvalue weighted by Gasteiger charge is 2.63. The molecule has 3 nitrogen and oxygen atoms in total. The quantitative estimate of drug-likeness (QED) is 0.385. The van der Waals surface area contributed by atoms with Gasteiger partial charge < -0.3 is 14.6 Å². The lowest BCUT2D eigenvalue weighted by Gasteiger charge is -2.63. The summed E-state index contributed by atoms with van der Waals surface area (Å²) >= 11 is 0. The maximum absolute atomic E-state index is 11.1. The minimum absolute atomic E-state index is 0.0446. The Balaban J connectivity index is 1.35. The van der Waals surface area contributed by atoms with E-state index in [0.29, 0.717) is 29.3 Å². The summed E-state index contributed by atoms with van der Waals surface area (Å²) in [5.74, 6) is 4.30. The zero-order valence-corrected chi connectivity index (χ0v) is 21.1. The van der Waals surface area contributed by atoms with Gasteiger partial charge in [-0.2, -0.15) is 0 Å². The summed E-state index contributed by atoms with van der Waals surface area (Å²) in [6.07, 6.45) is 18.4. The number of allylic oxidation sites excluding steroid dienone is 2. The highest BCUT2D eigenvalue weighted by atomic mass is 16.7. The van der Waals surface area contributed by atoms with Crippen molar-refractivity contribution in [2.45, 2.75) is 117 Å². The molecule has 1 aliphatic heterocycles. The number of aliphatic hydroxyl groups excluding tert-OH is 1. The average Bonchev–Trinajstić information content (AvgIpc) is 3.04. The minimum atomic E-state index is -0.123. The number of aliphatic hydroxyl groups is 1. The first kappa shape index (κ1) is 23.4. The van der Waals surface area contributed by atoms with Gasteiger partial charge in [0.25, 0.3) is 0 Å². The van der Waals surface area contributed by atoms with E-state index in [1.54, 1.807) is 0 Å². The molecule has 182 valence electrons. The molecular formula is C29H48O3. The molecule has 32 heavy (non-hydrogen) atoms. The van der Waals surface area contributed by atoms with E-state index in [1.165, 1.54) is 51.4 Å². The fourth-order valence-corrected chi connectivity index (χ4v) is 9.47. The number of ether oxygens (including phenoxy) is 2. The summed E-state index contributed by atoms with van der Waals surface area (Å²) in [6.45, 7) is 10.7. The monoisotopic (exact) mass is 444 g/mol. The third-order valence-electron chi connectivity index (χ3n) is 11.3. The Morgan fingerprint density at radius 1 is 1.06 bits per heavy atom. The van der Waals surface area contributed by atoms with Gasteiger partial charge in [0.2, 0.25) is 0 Å². The third-order valence-corrected chi connectivity index (χ3v) is 11.3. The first-order valence-corrected chi connectivity index (χ1v) is 14.0. The third kappa shape index (κ3) is 3.73. The summed E-state index contributed by atoms with van der Waals surface area (Å²) in [4.78, 5) is 0. The molecule has 0 radical (unpaired) electrons. The van der Waals surface area contributed by atoms with E-state index >= 15 is 0 Å². The van der Waals surface area contributed by atoms with Crippen molar-refractivity contribution in [2.24, 2.45) is 46.3 Å². The Hall–Kier alpha value is -0.380. The summed E-state index contributed by atoms with van der Waals surface area (Å²) in [6, 6.07) is 0. The molecule has 0 amide bonds. The molecule has 5 aliphatic rings. The predicted octanol–water partition coefficient (Wildman–Crippen LogP) is 6.74. The van der Waals surface area contributed by atoms with Crippen molar-refractivity contribution in [1.29, 1.82) is 0 Å². The van der Waals surface area contributed by atoms with Crippen molar-refractivity contribution in [2.75, 3.05) is 6.61 Å². The van der Waals surface area contributed by atoms with Crippen LogP contribution >= 0.6 is 0 Å². The molecule has 4 aliphatic carbocycles. The summed E-state index contributed by atoms with van der Waals surface area (Å²) in [5.41, 5.74) is 0.541. The van der Waals surface area contributed by atoms with Gasteiger partial charge in [0.05, 0.1) is 12.2 Å². The Kier molecular flexibility index (Phi) is 6.58. The van der Waals surface area contributed by atoms with Gasteiger partial charge in [-0.15, -0.1) is 0 Å². The Morgan fingerprint density at radius 2 is 1.91 bits per heavy atom. The fraction of sp³-hybridized carbons (Fsp3) is 0.931. The van der Waals surface area contributed by atoms with Gasteiger partial charge >= 0.3 is 0 Å². The molecule has 5 rings (SSSR count). The van der Waals surface area contributed by atoms with Crippen LogP contribution in [0.3, 0.4) is 0 Å². The lowest BCUT2D eigenvalue weighted by Crippen LogP contribution is -2.58. The predicted molar refractivity (Wildman–Crippen MR) is 129 cm³/mol. The number of fused-ring (bicyclic) bond motifs is 5. The van der Waals surface area contributed by atoms with Crippen molar-refractivity contribution in [1.82, 2.24) is 0 Å². The number of hydrogen-bond acceptors (Lipinski definition) is 3. The van der Waals surface area contributed by atoms with Crippen molar-refractivity contribution >= 4 is 0 Å². The van der Waals surface area contributed by atoms with Crippen molar-refractivity contribution in [3.8, 4) is 0 Å². The second-order valence-corrected chi connectivity index (χ2v) is 12.7. The molecule has 1 saturated heterocycles. The van der Waals surface area contributed by atoms with E-state index in [9.17, 15) is 5.11 Å². The highest BCUT2D eigenvalue weighted by Crippen LogP contribution is 2.68. The molecule has 0 aromatic rings. The van der Waals surface area contributed by atoms with Gasteiger partial charge in [-0.25, -0.2) is 0 Å². The average molecular weight is 445 g/mol. The van der Waals surface area contributed by atoms with Gasteiger partial charge in [0, 0.05) is 6.61 Å². The lowest BCUT2D eigenvalue weighted by molar-refractivity contribution is -0.223. The van der Waals surface area contributed by atoms with E-state index in [-0.39, 0.29) is 17.8 Å². The highest BCUT2D eigenvalue weighted by molar-refractivity contribution is 5.15. The Morgan fingerprint density at radius 3 is 2.66 bits per heavy atom. The van der Waals surface area contributed by atoms with Crippen molar-refractivity contribution in [3.05, 3.63) is 12.2 Å². The largest absolute Gasteiger partial charge is 0.393 e. The van der Waals surface area contributed by atoms with Gasteiger partial charge in [0.15, 0.2) is 6.29 Å². The van der Waals surface area contributed by atoms with Gasteiger partial charge in [0.1, 0.15) is 0 Å². The zero-order chi connectivity index (χ0) is 22.5. The van der Waals surface area contributed by atoms with Gasteiger partial charge in [-0.3, -0.25) is 0 Å². The summed E-state index contributed by atoms with van der Waals surface area (Å²) < 4.78 is 12.5. The van der Waals surface area contributed by atoms with Crippen LogP contribution in [0, 0.1) is 46.3 Å². The van der Waals surface area contributed by atoms with Crippen LogP contribution < -0.4 is 0 Å². The smallest absolute Gasteiger partial charge is 0.157 e. The zero-order valence-electron chi connectivity index (χ0n) is 21.1. The molecule has 1 heterocycles. The van der Waals surface area contributed by atoms with E-state index in [1.807, 2.05) is 0 Å². The van der Waals surface area contributed by atoms with Crippen LogP contribution in [0.2, 0.25) is 0 Å². The van der Waals surface area contributed by atoms with Crippen LogP contribution in [0.5, 0.6) is 0 Å². The summed E-state index contributed by atoms with van der Waals surface area (Å²) in [5, 5.41) is 11.1. The summed E-state index contributed by atoms with van der Waals surface area (Å²) in [7, 11) is 0. The van der Waals surface area contributed by atoms with Crippen molar-refractivity contribution in [3.63, 3.8) is 0 Å². The first-order chi connectivity index (χ1) is 15.4. The van der Waals surface area contributed by atoms with E-state index in [2.05, 4.69) is 39.8 Å². The molecule has 1 unspecified atom stereocenters. The number of rotatable bonds is 4. The van der Waals surface area contributed by atoms with E-state index in [0.717, 1.165) is 43.6 Å². The van der Waals surface area contributed by atoms with Gasteiger partial charge in [-0.1, -0.05) is 39.8 Å². The molecule has 0 aromatic carbocycles. The van der Waals surface area contributed by atoms with Gasteiger partial charge in [-0.05, 0) is 117 Å².